The number of morpholine rings is 1. The van der Waals surface area contributed by atoms with Crippen LogP contribution in [0.1, 0.15) is 11.6 Å². The van der Waals surface area contributed by atoms with Crippen LogP contribution in [0.15, 0.2) is 30.3 Å². The minimum atomic E-state index is -1.10. The predicted molar refractivity (Wildman–Crippen MR) is 70.9 cm³/mol. The minimum absolute atomic E-state index is 0.525. The second-order valence-corrected chi connectivity index (χ2v) is 4.37. The Hall–Kier alpha value is -2.12. The molecule has 1 atom stereocenters. The van der Waals surface area contributed by atoms with E-state index in [1.165, 1.54) is 0 Å². The van der Waals surface area contributed by atoms with Crippen molar-refractivity contribution in [2.75, 3.05) is 26.3 Å². The second kappa shape index (κ2) is 6.88. The van der Waals surface area contributed by atoms with Crippen molar-refractivity contribution in [2.45, 2.75) is 6.04 Å². The van der Waals surface area contributed by atoms with Crippen molar-refractivity contribution in [3.8, 4) is 0 Å². The Bertz CT molecular complexity index is 460. The molecule has 0 unspecified atom stereocenters. The lowest BCUT2D eigenvalue weighted by molar-refractivity contribution is -0.139. The molecule has 20 heavy (non-hydrogen) atoms. The summed E-state index contributed by atoms with van der Waals surface area (Å²) in [6.45, 7) is 2.25. The molecule has 1 fully saturated rings. The molecule has 2 rings (SSSR count). The van der Waals surface area contributed by atoms with Crippen molar-refractivity contribution in [1.29, 1.82) is 0 Å². The summed E-state index contributed by atoms with van der Waals surface area (Å²) >= 11 is 0. The first-order valence-electron chi connectivity index (χ1n) is 6.34. The summed E-state index contributed by atoms with van der Waals surface area (Å²) in [7, 11) is 0. The van der Waals surface area contributed by atoms with Crippen molar-refractivity contribution in [3.63, 3.8) is 0 Å². The number of urea groups is 1. The fourth-order valence-corrected chi connectivity index (χ4v) is 1.92. The maximum atomic E-state index is 11.8. The van der Waals surface area contributed by atoms with Crippen LogP contribution in [0.5, 0.6) is 0 Å². The topological polar surface area (TPSA) is 90.9 Å². The summed E-state index contributed by atoms with van der Waals surface area (Å²) in [6, 6.07) is 6.96. The highest BCUT2D eigenvalue weighted by molar-refractivity contribution is 5.83. The number of aliphatic carboxylic acids is 1. The molecule has 0 aromatic heterocycles. The Labute approximate surface area is 116 Å². The molecule has 1 aromatic rings. The number of carbonyl (C=O) groups is 2. The Morgan fingerprint density at radius 3 is 2.45 bits per heavy atom. The molecule has 7 heteroatoms. The van der Waals surface area contributed by atoms with Gasteiger partial charge in [0.1, 0.15) is 0 Å². The van der Waals surface area contributed by atoms with Crippen LogP contribution in [-0.2, 0) is 9.53 Å². The third kappa shape index (κ3) is 3.94. The molecular weight excluding hydrogens is 262 g/mol. The van der Waals surface area contributed by atoms with Gasteiger partial charge in [-0.3, -0.25) is 5.43 Å². The molecule has 0 saturated carbocycles. The minimum Gasteiger partial charge on any atom is -0.479 e. The van der Waals surface area contributed by atoms with Crippen molar-refractivity contribution in [2.24, 2.45) is 0 Å². The number of rotatable bonds is 4. The molecule has 2 amide bonds. The lowest BCUT2D eigenvalue weighted by atomic mass is 10.1. The zero-order valence-corrected chi connectivity index (χ0v) is 10.9. The third-order valence-corrected chi connectivity index (χ3v) is 2.93. The number of carboxylic acids is 1. The summed E-state index contributed by atoms with van der Waals surface area (Å²) < 4.78 is 5.16. The summed E-state index contributed by atoms with van der Waals surface area (Å²) in [4.78, 5) is 23.1. The van der Waals surface area contributed by atoms with Crippen LogP contribution >= 0.6 is 0 Å². The maximum Gasteiger partial charge on any atom is 0.330 e. The molecular formula is C13H17N3O4. The molecule has 0 spiro atoms. The van der Waals surface area contributed by atoms with Crippen LogP contribution in [-0.4, -0.2) is 48.4 Å². The number of hydrogen-bond acceptors (Lipinski definition) is 4. The number of hydrogen-bond donors (Lipinski definition) is 3. The fourth-order valence-electron chi connectivity index (χ4n) is 1.92. The van der Waals surface area contributed by atoms with Gasteiger partial charge in [0.2, 0.25) is 0 Å². The van der Waals surface area contributed by atoms with Crippen LogP contribution in [0.25, 0.3) is 0 Å². The van der Waals surface area contributed by atoms with E-state index in [2.05, 4.69) is 10.7 Å². The molecule has 7 nitrogen and oxygen atoms in total. The normalized spacial score (nSPS) is 17.2. The number of carbonyl (C=O) groups excluding carboxylic acids is 1. The van der Waals surface area contributed by atoms with E-state index in [4.69, 9.17) is 4.74 Å². The van der Waals surface area contributed by atoms with Crippen LogP contribution in [0.2, 0.25) is 0 Å². The first kappa shape index (κ1) is 14.3. The standard InChI is InChI=1S/C13H17N3O4/c17-12(18)11(10-4-2-1-3-5-10)14-13(19)15-16-6-8-20-9-7-16/h1-5,11H,6-9H2,(H,17,18)(H2,14,15,19)/t11-/m1/s1. The Kier molecular flexibility index (Phi) is 4.91. The summed E-state index contributed by atoms with van der Waals surface area (Å²) in [5.41, 5.74) is 3.14. The number of hydrazine groups is 1. The van der Waals surface area contributed by atoms with Crippen LogP contribution < -0.4 is 10.7 Å². The summed E-state index contributed by atoms with van der Waals surface area (Å²) in [6.07, 6.45) is 0. The molecule has 108 valence electrons. The first-order valence-corrected chi connectivity index (χ1v) is 6.34. The van der Waals surface area contributed by atoms with Gasteiger partial charge >= 0.3 is 12.0 Å². The van der Waals surface area contributed by atoms with E-state index >= 15 is 0 Å². The number of ether oxygens (including phenoxy) is 1. The molecule has 0 aliphatic carbocycles. The second-order valence-electron chi connectivity index (χ2n) is 4.37. The van der Waals surface area contributed by atoms with Crippen molar-refractivity contribution in [3.05, 3.63) is 35.9 Å². The molecule has 3 N–H and O–H groups in total. The largest absolute Gasteiger partial charge is 0.479 e. The van der Waals surface area contributed by atoms with E-state index in [0.29, 0.717) is 31.9 Å². The highest BCUT2D eigenvalue weighted by atomic mass is 16.5. The van der Waals surface area contributed by atoms with Gasteiger partial charge in [-0.2, -0.15) is 0 Å². The Balaban J connectivity index is 1.94. The van der Waals surface area contributed by atoms with E-state index in [9.17, 15) is 14.7 Å². The van der Waals surface area contributed by atoms with Gasteiger partial charge in [-0.25, -0.2) is 14.6 Å². The van der Waals surface area contributed by atoms with Crippen molar-refractivity contribution in [1.82, 2.24) is 15.8 Å². The average molecular weight is 279 g/mol. The maximum absolute atomic E-state index is 11.8. The highest BCUT2D eigenvalue weighted by Gasteiger charge is 2.23. The number of amides is 2. The quantitative estimate of drug-likeness (QED) is 0.740. The van der Waals surface area contributed by atoms with Gasteiger partial charge in [0.15, 0.2) is 6.04 Å². The number of benzene rings is 1. The van der Waals surface area contributed by atoms with E-state index in [0.717, 1.165) is 0 Å². The number of nitrogens with zero attached hydrogens (tertiary/aromatic N) is 1. The lowest BCUT2D eigenvalue weighted by Crippen LogP contribution is -2.52. The Morgan fingerprint density at radius 2 is 1.85 bits per heavy atom. The van der Waals surface area contributed by atoms with Gasteiger partial charge < -0.3 is 15.2 Å². The molecule has 1 saturated heterocycles. The number of nitrogens with one attached hydrogen (secondary N) is 2. The molecule has 0 bridgehead atoms. The molecule has 1 heterocycles. The van der Waals surface area contributed by atoms with E-state index < -0.39 is 18.0 Å². The van der Waals surface area contributed by atoms with Gasteiger partial charge in [-0.15, -0.1) is 0 Å². The van der Waals surface area contributed by atoms with Gasteiger partial charge in [0, 0.05) is 13.1 Å². The monoisotopic (exact) mass is 279 g/mol. The third-order valence-electron chi connectivity index (χ3n) is 2.93. The van der Waals surface area contributed by atoms with Crippen LogP contribution in [0, 0.1) is 0 Å². The zero-order valence-electron chi connectivity index (χ0n) is 10.9. The average Bonchev–Trinajstić information content (AvgIpc) is 2.46. The SMILES string of the molecule is O=C(N[C@@H](C(=O)O)c1ccccc1)NN1CCOCC1. The van der Waals surface area contributed by atoms with Gasteiger partial charge in [-0.1, -0.05) is 30.3 Å². The molecule has 0 radical (unpaired) electrons. The summed E-state index contributed by atoms with van der Waals surface area (Å²) in [5.74, 6) is -1.10. The summed E-state index contributed by atoms with van der Waals surface area (Å²) in [5, 5.41) is 13.4. The van der Waals surface area contributed by atoms with E-state index in [1.54, 1.807) is 35.3 Å². The zero-order chi connectivity index (χ0) is 14.4. The van der Waals surface area contributed by atoms with Crippen LogP contribution in [0.3, 0.4) is 0 Å². The molecule has 1 aliphatic heterocycles. The van der Waals surface area contributed by atoms with Gasteiger partial charge in [0.05, 0.1) is 13.2 Å². The highest BCUT2D eigenvalue weighted by Crippen LogP contribution is 2.12. The first-order chi connectivity index (χ1) is 9.66. The Morgan fingerprint density at radius 1 is 1.20 bits per heavy atom. The van der Waals surface area contributed by atoms with Gasteiger partial charge in [0.25, 0.3) is 0 Å². The van der Waals surface area contributed by atoms with Crippen molar-refractivity contribution < 1.29 is 19.4 Å². The lowest BCUT2D eigenvalue weighted by Gasteiger charge is -2.27. The fraction of sp³-hybridized carbons (Fsp3) is 0.385. The smallest absolute Gasteiger partial charge is 0.330 e. The number of carboxylic acid groups (broad SMARTS) is 1. The van der Waals surface area contributed by atoms with Crippen molar-refractivity contribution >= 4 is 12.0 Å². The van der Waals surface area contributed by atoms with Crippen LogP contribution in [0.4, 0.5) is 4.79 Å². The molecule has 1 aromatic carbocycles. The van der Waals surface area contributed by atoms with E-state index in [-0.39, 0.29) is 0 Å². The predicted octanol–water partition coefficient (Wildman–Crippen LogP) is 0.359. The van der Waals surface area contributed by atoms with E-state index in [1.807, 2.05) is 0 Å². The molecule has 1 aliphatic rings. The van der Waals surface area contributed by atoms with Gasteiger partial charge in [-0.05, 0) is 5.56 Å².